The maximum Gasteiger partial charge on any atom is 0.140 e. The SMILES string of the molecule is CC(=O)C(C(C)=O)c1[c-]c(C)[c-]cc1C.[W].[Y]. The van der Waals surface area contributed by atoms with E-state index in [0.717, 1.165) is 11.1 Å². The van der Waals surface area contributed by atoms with E-state index in [-0.39, 0.29) is 65.3 Å². The van der Waals surface area contributed by atoms with Crippen LogP contribution in [0.25, 0.3) is 0 Å². The third-order valence-corrected chi connectivity index (χ3v) is 2.35. The summed E-state index contributed by atoms with van der Waals surface area (Å²) >= 11 is 0. The van der Waals surface area contributed by atoms with Crippen LogP contribution in [0.5, 0.6) is 0 Å². The molecule has 0 unspecified atom stereocenters. The predicted molar refractivity (Wildman–Crippen MR) is 57.7 cm³/mol. The quantitative estimate of drug-likeness (QED) is 0.497. The number of ketones is 2. The molecule has 0 saturated heterocycles. The van der Waals surface area contributed by atoms with Crippen molar-refractivity contribution >= 4 is 11.6 Å². The zero-order valence-corrected chi connectivity index (χ0v) is 16.2. The van der Waals surface area contributed by atoms with E-state index >= 15 is 0 Å². The zero-order chi connectivity index (χ0) is 11.6. The molecule has 89 valence electrons. The van der Waals surface area contributed by atoms with Gasteiger partial charge in [0.25, 0.3) is 0 Å². The van der Waals surface area contributed by atoms with E-state index in [2.05, 4.69) is 12.1 Å². The molecule has 0 heterocycles. The maximum atomic E-state index is 11.4. The standard InChI is InChI=1S/C13H14O2.W.Y/c1-8-5-6-9(2)12(7-8)13(10(3)14)11(4)15;;/h6,13H,1-4H3;;/q-2;;. The molecule has 0 N–H and O–H groups in total. The van der Waals surface area contributed by atoms with Gasteiger partial charge in [-0.2, -0.15) is 0 Å². The van der Waals surface area contributed by atoms with Crippen LogP contribution in [0, 0.1) is 26.0 Å². The Hall–Kier alpha value is 0.352. The summed E-state index contributed by atoms with van der Waals surface area (Å²) in [6, 6.07) is 7.83. The second kappa shape index (κ2) is 8.45. The molecule has 0 aliphatic heterocycles. The number of hydrogen-bond acceptors (Lipinski definition) is 2. The van der Waals surface area contributed by atoms with E-state index in [0.29, 0.717) is 5.56 Å². The van der Waals surface area contributed by atoms with Crippen LogP contribution in [-0.2, 0) is 63.4 Å². The van der Waals surface area contributed by atoms with Crippen LogP contribution in [0.3, 0.4) is 0 Å². The number of hydrogen-bond donors (Lipinski definition) is 0. The molecule has 1 rings (SSSR count). The fourth-order valence-corrected chi connectivity index (χ4v) is 1.62. The minimum Gasteiger partial charge on any atom is -0.356 e. The summed E-state index contributed by atoms with van der Waals surface area (Å²) in [6.07, 6.45) is 0. The fraction of sp³-hybridized carbons (Fsp3) is 0.385. The molecule has 1 aromatic rings. The van der Waals surface area contributed by atoms with Crippen LogP contribution < -0.4 is 0 Å². The first-order valence-electron chi connectivity index (χ1n) is 4.85. The largest absolute Gasteiger partial charge is 0.356 e. The molecule has 0 amide bonds. The number of benzene rings is 1. The van der Waals surface area contributed by atoms with Gasteiger partial charge in [0.2, 0.25) is 0 Å². The molecule has 0 saturated carbocycles. The number of rotatable bonds is 3. The predicted octanol–water partition coefficient (Wildman–Crippen LogP) is 2.16. The Balaban J connectivity index is 0. The molecule has 4 heteroatoms. The van der Waals surface area contributed by atoms with Crippen LogP contribution >= 0.6 is 0 Å². The van der Waals surface area contributed by atoms with Crippen molar-refractivity contribution in [2.45, 2.75) is 33.6 Å². The smallest absolute Gasteiger partial charge is 0.140 e. The van der Waals surface area contributed by atoms with Crippen LogP contribution in [0.1, 0.15) is 36.5 Å². The van der Waals surface area contributed by atoms with Crippen LogP contribution in [0.2, 0.25) is 0 Å². The third kappa shape index (κ3) is 5.24. The third-order valence-electron chi connectivity index (χ3n) is 2.35. The molecule has 0 aliphatic carbocycles. The van der Waals surface area contributed by atoms with Gasteiger partial charge in [0.1, 0.15) is 11.6 Å². The molecule has 0 aliphatic rings. The molecule has 1 aromatic carbocycles. The van der Waals surface area contributed by atoms with Gasteiger partial charge in [-0.25, -0.2) is 0 Å². The van der Waals surface area contributed by atoms with Crippen molar-refractivity contribution in [3.63, 3.8) is 0 Å². The number of Topliss-reactive ketones (excluding diaryl/α,β-unsaturated/α-hetero) is 2. The maximum absolute atomic E-state index is 11.4. The van der Waals surface area contributed by atoms with Crippen molar-refractivity contribution in [2.24, 2.45) is 0 Å². The molecule has 0 fully saturated rings. The van der Waals surface area contributed by atoms with E-state index in [1.165, 1.54) is 13.8 Å². The molecule has 0 bridgehead atoms. The number of aryl methyl sites for hydroxylation is 2. The Bertz CT molecular complexity index is 402. The van der Waals surface area contributed by atoms with Crippen LogP contribution in [-0.4, -0.2) is 11.6 Å². The van der Waals surface area contributed by atoms with Crippen LogP contribution in [0.15, 0.2) is 6.07 Å². The van der Waals surface area contributed by atoms with Crippen molar-refractivity contribution in [1.29, 1.82) is 0 Å². The average Bonchev–Trinajstić information content (AvgIpc) is 2.10. The van der Waals surface area contributed by atoms with E-state index in [9.17, 15) is 9.59 Å². The minimum absolute atomic E-state index is 0. The molecule has 1 radical (unpaired) electrons. The normalized spacial score (nSPS) is 9.24. The van der Waals surface area contributed by atoms with Crippen LogP contribution in [0.4, 0.5) is 0 Å². The van der Waals surface area contributed by atoms with Crippen molar-refractivity contribution < 1.29 is 63.4 Å². The van der Waals surface area contributed by atoms with Gasteiger partial charge in [-0.15, -0.1) is 6.92 Å². The van der Waals surface area contributed by atoms with Crippen molar-refractivity contribution in [3.8, 4) is 0 Å². The van der Waals surface area contributed by atoms with E-state index < -0.39 is 5.92 Å². The van der Waals surface area contributed by atoms with E-state index in [1.807, 2.05) is 13.8 Å². The summed E-state index contributed by atoms with van der Waals surface area (Å²) < 4.78 is 0. The summed E-state index contributed by atoms with van der Waals surface area (Å²) in [5.74, 6) is -0.932. The van der Waals surface area contributed by atoms with Gasteiger partial charge < -0.3 is 12.1 Å². The molecule has 17 heavy (non-hydrogen) atoms. The second-order valence-corrected chi connectivity index (χ2v) is 3.79. The molecular weight excluding hydrogens is 461 g/mol. The first-order chi connectivity index (χ1) is 6.93. The fourth-order valence-electron chi connectivity index (χ4n) is 1.62. The Kier molecular flexibility index (Phi) is 9.79. The second-order valence-electron chi connectivity index (χ2n) is 3.79. The molecular formula is C13H14O2WY-2. The average molecular weight is 475 g/mol. The van der Waals surface area contributed by atoms with Gasteiger partial charge in [-0.3, -0.25) is 32.3 Å². The molecule has 0 spiro atoms. The van der Waals surface area contributed by atoms with Crippen molar-refractivity contribution in [1.82, 2.24) is 0 Å². The summed E-state index contributed by atoms with van der Waals surface area (Å²) in [6.45, 7) is 6.58. The number of carbonyl (C=O) groups is 2. The Morgan fingerprint density at radius 2 is 1.65 bits per heavy atom. The molecule has 2 nitrogen and oxygen atoms in total. The van der Waals surface area contributed by atoms with Crippen molar-refractivity contribution in [3.05, 3.63) is 34.9 Å². The van der Waals surface area contributed by atoms with E-state index in [4.69, 9.17) is 0 Å². The minimum atomic E-state index is -0.668. The zero-order valence-electron chi connectivity index (χ0n) is 10.5. The van der Waals surface area contributed by atoms with Gasteiger partial charge in [0.05, 0.1) is 5.92 Å². The Morgan fingerprint density at radius 1 is 1.18 bits per heavy atom. The molecule has 0 aromatic heterocycles. The Morgan fingerprint density at radius 3 is 2.06 bits per heavy atom. The topological polar surface area (TPSA) is 34.1 Å². The van der Waals surface area contributed by atoms with Gasteiger partial charge in [0, 0.05) is 53.8 Å². The first-order valence-corrected chi connectivity index (χ1v) is 4.85. The Labute approximate surface area is 142 Å². The summed E-state index contributed by atoms with van der Waals surface area (Å²) in [5.41, 5.74) is 2.39. The van der Waals surface area contributed by atoms with Crippen molar-refractivity contribution in [2.75, 3.05) is 0 Å². The van der Waals surface area contributed by atoms with Gasteiger partial charge in [0.15, 0.2) is 0 Å². The molecule has 0 atom stereocenters. The van der Waals surface area contributed by atoms with Gasteiger partial charge >= 0.3 is 0 Å². The summed E-state index contributed by atoms with van der Waals surface area (Å²) in [4.78, 5) is 22.8. The monoisotopic (exact) mass is 475 g/mol. The first kappa shape index (κ1) is 19.7. The summed E-state index contributed by atoms with van der Waals surface area (Å²) in [7, 11) is 0. The van der Waals surface area contributed by atoms with Gasteiger partial charge in [-0.1, -0.05) is 6.92 Å². The van der Waals surface area contributed by atoms with Gasteiger partial charge in [-0.05, 0) is 13.8 Å². The summed E-state index contributed by atoms with van der Waals surface area (Å²) in [5, 5.41) is 0. The number of carbonyl (C=O) groups excluding carboxylic acids is 2. The van der Waals surface area contributed by atoms with E-state index in [1.54, 1.807) is 6.07 Å².